The Balaban J connectivity index is 1.48. The molecule has 1 aliphatic heterocycles. The normalized spacial score (nSPS) is 20.3. The van der Waals surface area contributed by atoms with E-state index in [1.165, 1.54) is 48.4 Å². The van der Waals surface area contributed by atoms with Crippen LogP contribution in [0.15, 0.2) is 35.4 Å². The van der Waals surface area contributed by atoms with E-state index in [1.807, 2.05) is 0 Å². The summed E-state index contributed by atoms with van der Waals surface area (Å²) in [6, 6.07) is 9.03. The standard InChI is InChI=1S/C22H25N3OS/c1-15-4-6-16(7-5-15)13-25-14-23-21-20(22(25)26)18-9-8-17(12-19(18)27-21)24-10-2-3-11-24/h4-7,14,17H,2-3,8-13H2,1H3/t17-/m1/s1. The zero-order valence-electron chi connectivity index (χ0n) is 15.8. The van der Waals surface area contributed by atoms with Crippen molar-refractivity contribution in [3.8, 4) is 0 Å². The van der Waals surface area contributed by atoms with Crippen LogP contribution in [-0.2, 0) is 19.4 Å². The fourth-order valence-electron chi connectivity index (χ4n) is 4.60. The molecule has 5 rings (SSSR count). The van der Waals surface area contributed by atoms with Crippen molar-refractivity contribution in [3.05, 3.63) is 62.5 Å². The first-order valence-corrected chi connectivity index (χ1v) is 10.8. The lowest BCUT2D eigenvalue weighted by Crippen LogP contribution is -2.36. The Morgan fingerprint density at radius 3 is 2.74 bits per heavy atom. The summed E-state index contributed by atoms with van der Waals surface area (Å²) in [5.74, 6) is 0. The van der Waals surface area contributed by atoms with Crippen LogP contribution in [0.25, 0.3) is 10.2 Å². The SMILES string of the molecule is Cc1ccc(Cn2cnc3sc4c(c3c2=O)CC[C@@H](N2CCCC2)C4)cc1. The van der Waals surface area contributed by atoms with Crippen LogP contribution in [0.4, 0.5) is 0 Å². The van der Waals surface area contributed by atoms with Crippen molar-refractivity contribution in [2.24, 2.45) is 0 Å². The maximum atomic E-state index is 13.2. The molecular weight excluding hydrogens is 354 g/mol. The lowest BCUT2D eigenvalue weighted by atomic mass is 9.92. The summed E-state index contributed by atoms with van der Waals surface area (Å²) in [5, 5.41) is 0.879. The summed E-state index contributed by atoms with van der Waals surface area (Å²) in [5.41, 5.74) is 3.78. The molecule has 1 fully saturated rings. The van der Waals surface area contributed by atoms with Crippen LogP contribution in [-0.4, -0.2) is 33.6 Å². The molecule has 1 aromatic carbocycles. The quantitative estimate of drug-likeness (QED) is 0.695. The molecule has 27 heavy (non-hydrogen) atoms. The van der Waals surface area contributed by atoms with Gasteiger partial charge in [-0.3, -0.25) is 9.36 Å². The van der Waals surface area contributed by atoms with Gasteiger partial charge in [0.05, 0.1) is 18.3 Å². The van der Waals surface area contributed by atoms with E-state index in [-0.39, 0.29) is 5.56 Å². The number of aromatic nitrogens is 2. The highest BCUT2D eigenvalue weighted by atomic mass is 32.1. The Labute approximate surface area is 163 Å². The third-order valence-electron chi connectivity index (χ3n) is 6.14. The lowest BCUT2D eigenvalue weighted by Gasteiger charge is -2.30. The molecule has 0 saturated carbocycles. The van der Waals surface area contributed by atoms with E-state index < -0.39 is 0 Å². The highest BCUT2D eigenvalue weighted by molar-refractivity contribution is 7.18. The molecule has 0 amide bonds. The Kier molecular flexibility index (Phi) is 4.37. The average molecular weight is 380 g/mol. The molecule has 3 heterocycles. The number of likely N-dealkylation sites (tertiary alicyclic amines) is 1. The number of aryl methyl sites for hydroxylation is 2. The Morgan fingerprint density at radius 2 is 1.96 bits per heavy atom. The first kappa shape index (κ1) is 17.1. The van der Waals surface area contributed by atoms with E-state index in [0.29, 0.717) is 12.6 Å². The maximum Gasteiger partial charge on any atom is 0.262 e. The fraction of sp³-hybridized carbons (Fsp3) is 0.455. The van der Waals surface area contributed by atoms with E-state index in [2.05, 4.69) is 41.1 Å². The highest BCUT2D eigenvalue weighted by Crippen LogP contribution is 2.35. The Hall–Kier alpha value is -1.98. The minimum atomic E-state index is 0.123. The van der Waals surface area contributed by atoms with Gasteiger partial charge in [0.15, 0.2) is 0 Å². The molecule has 2 aliphatic rings. The fourth-order valence-corrected chi connectivity index (χ4v) is 5.85. The van der Waals surface area contributed by atoms with Gasteiger partial charge in [-0.1, -0.05) is 29.8 Å². The van der Waals surface area contributed by atoms with Gasteiger partial charge < -0.3 is 4.90 Å². The number of hydrogen-bond donors (Lipinski definition) is 0. The molecule has 0 unspecified atom stereocenters. The number of thiophene rings is 1. The van der Waals surface area contributed by atoms with E-state index in [1.54, 1.807) is 22.2 Å². The van der Waals surface area contributed by atoms with Crippen LogP contribution in [0.5, 0.6) is 0 Å². The molecule has 1 saturated heterocycles. The number of rotatable bonds is 3. The van der Waals surface area contributed by atoms with Crippen molar-refractivity contribution in [2.45, 2.75) is 51.6 Å². The van der Waals surface area contributed by atoms with Crippen LogP contribution in [0.1, 0.15) is 40.8 Å². The molecule has 0 bridgehead atoms. The van der Waals surface area contributed by atoms with Crippen LogP contribution in [0, 0.1) is 6.92 Å². The van der Waals surface area contributed by atoms with E-state index in [4.69, 9.17) is 0 Å². The van der Waals surface area contributed by atoms with E-state index >= 15 is 0 Å². The van der Waals surface area contributed by atoms with Gasteiger partial charge in [0.2, 0.25) is 0 Å². The summed E-state index contributed by atoms with van der Waals surface area (Å²) >= 11 is 1.74. The van der Waals surface area contributed by atoms with Gasteiger partial charge in [-0.15, -0.1) is 11.3 Å². The molecule has 140 valence electrons. The van der Waals surface area contributed by atoms with Gasteiger partial charge in [0.25, 0.3) is 5.56 Å². The topological polar surface area (TPSA) is 38.1 Å². The van der Waals surface area contributed by atoms with E-state index in [0.717, 1.165) is 28.6 Å². The van der Waals surface area contributed by atoms with Gasteiger partial charge >= 0.3 is 0 Å². The number of fused-ring (bicyclic) bond motifs is 3. The van der Waals surface area contributed by atoms with Gasteiger partial charge in [-0.25, -0.2) is 4.98 Å². The second kappa shape index (κ2) is 6.88. The Morgan fingerprint density at radius 1 is 1.19 bits per heavy atom. The van der Waals surface area contributed by atoms with Crippen LogP contribution in [0.2, 0.25) is 0 Å². The smallest absolute Gasteiger partial charge is 0.262 e. The molecule has 1 aliphatic carbocycles. The van der Waals surface area contributed by atoms with E-state index in [9.17, 15) is 4.79 Å². The molecule has 5 heteroatoms. The van der Waals surface area contributed by atoms with Crippen LogP contribution < -0.4 is 5.56 Å². The third kappa shape index (κ3) is 3.13. The molecular formula is C22H25N3OS. The monoisotopic (exact) mass is 379 g/mol. The zero-order chi connectivity index (χ0) is 18.4. The molecule has 0 spiro atoms. The second-order valence-corrected chi connectivity index (χ2v) is 9.07. The van der Waals surface area contributed by atoms with Gasteiger partial charge in [0.1, 0.15) is 4.83 Å². The van der Waals surface area contributed by atoms with Crippen molar-refractivity contribution in [3.63, 3.8) is 0 Å². The van der Waals surface area contributed by atoms with Crippen LogP contribution in [0.3, 0.4) is 0 Å². The predicted molar refractivity (Wildman–Crippen MR) is 111 cm³/mol. The van der Waals surface area contributed by atoms with Gasteiger partial charge in [0, 0.05) is 10.9 Å². The van der Waals surface area contributed by atoms with Crippen molar-refractivity contribution >= 4 is 21.6 Å². The highest BCUT2D eigenvalue weighted by Gasteiger charge is 2.29. The van der Waals surface area contributed by atoms with Crippen molar-refractivity contribution in [2.75, 3.05) is 13.1 Å². The first-order chi connectivity index (χ1) is 13.2. The molecule has 0 N–H and O–H groups in total. The van der Waals surface area contributed by atoms with Crippen molar-refractivity contribution < 1.29 is 0 Å². The summed E-state index contributed by atoms with van der Waals surface area (Å²) in [4.78, 5) is 22.8. The largest absolute Gasteiger partial charge is 0.300 e. The molecule has 3 aromatic rings. The molecule has 4 nitrogen and oxygen atoms in total. The average Bonchev–Trinajstić information content (AvgIpc) is 3.33. The molecule has 2 aromatic heterocycles. The minimum absolute atomic E-state index is 0.123. The van der Waals surface area contributed by atoms with Crippen molar-refractivity contribution in [1.29, 1.82) is 0 Å². The minimum Gasteiger partial charge on any atom is -0.300 e. The summed E-state index contributed by atoms with van der Waals surface area (Å²) in [7, 11) is 0. The molecule has 1 atom stereocenters. The number of benzene rings is 1. The summed E-state index contributed by atoms with van der Waals surface area (Å²) in [6.07, 6.45) is 7.67. The van der Waals surface area contributed by atoms with Gasteiger partial charge in [-0.05, 0) is 63.2 Å². The molecule has 0 radical (unpaired) electrons. The van der Waals surface area contributed by atoms with Crippen molar-refractivity contribution in [1.82, 2.24) is 14.5 Å². The third-order valence-corrected chi connectivity index (χ3v) is 7.30. The summed E-state index contributed by atoms with van der Waals surface area (Å²) in [6.45, 7) is 5.15. The lowest BCUT2D eigenvalue weighted by molar-refractivity contribution is 0.224. The van der Waals surface area contributed by atoms with Crippen LogP contribution >= 0.6 is 11.3 Å². The maximum absolute atomic E-state index is 13.2. The summed E-state index contributed by atoms with van der Waals surface area (Å²) < 4.78 is 1.77. The van der Waals surface area contributed by atoms with Gasteiger partial charge in [-0.2, -0.15) is 0 Å². The predicted octanol–water partition coefficient (Wildman–Crippen LogP) is 3.77. The number of nitrogens with zero attached hydrogens (tertiary/aromatic N) is 3. The second-order valence-electron chi connectivity index (χ2n) is 7.99. The zero-order valence-corrected chi connectivity index (χ0v) is 16.6. The Bertz CT molecular complexity index is 1030. The first-order valence-electron chi connectivity index (χ1n) is 9.98. The number of hydrogen-bond acceptors (Lipinski definition) is 4.